The Hall–Kier alpha value is -2.20. The highest BCUT2D eigenvalue weighted by atomic mass is 16.6. The Bertz CT molecular complexity index is 668. The fourth-order valence-corrected chi connectivity index (χ4v) is 2.86. The fourth-order valence-electron chi connectivity index (χ4n) is 2.86. The number of hydrogen-bond acceptors (Lipinski definition) is 4. The number of ether oxygens (including phenoxy) is 3. The van der Waals surface area contributed by atoms with Crippen LogP contribution in [0.1, 0.15) is 29.8 Å². The third-order valence-corrected chi connectivity index (χ3v) is 3.92. The molecule has 0 aliphatic carbocycles. The van der Waals surface area contributed by atoms with Crippen molar-refractivity contribution in [3.05, 3.63) is 53.6 Å². The van der Waals surface area contributed by atoms with Crippen LogP contribution in [-0.4, -0.2) is 18.3 Å². The van der Waals surface area contributed by atoms with E-state index in [4.69, 9.17) is 14.2 Å². The molecule has 0 spiro atoms. The molecule has 0 bridgehead atoms. The molecule has 2 atom stereocenters. The monoisotopic (exact) mass is 284 g/mol. The quantitative estimate of drug-likeness (QED) is 0.874. The number of aliphatic hydroxyl groups is 1. The van der Waals surface area contributed by atoms with Crippen LogP contribution in [0.2, 0.25) is 0 Å². The molecule has 2 aliphatic rings. The third kappa shape index (κ3) is 2.21. The molecule has 0 amide bonds. The Morgan fingerprint density at radius 2 is 1.71 bits per heavy atom. The van der Waals surface area contributed by atoms with Gasteiger partial charge < -0.3 is 19.3 Å². The largest absolute Gasteiger partial charge is 0.486 e. The first-order chi connectivity index (χ1) is 10.3. The Labute approximate surface area is 122 Å². The Morgan fingerprint density at radius 3 is 2.62 bits per heavy atom. The lowest BCUT2D eigenvalue weighted by Gasteiger charge is -2.30. The molecule has 0 radical (unpaired) electrons. The SMILES string of the molecule is O[C@H]1CC(c2ccc3c(c2)OCCO3)Oc2ccccc21. The molecule has 0 fully saturated rings. The van der Waals surface area contributed by atoms with Gasteiger partial charge in [-0.2, -0.15) is 0 Å². The smallest absolute Gasteiger partial charge is 0.161 e. The molecule has 1 N–H and O–H groups in total. The number of rotatable bonds is 1. The van der Waals surface area contributed by atoms with Crippen molar-refractivity contribution in [2.75, 3.05) is 13.2 Å². The molecule has 21 heavy (non-hydrogen) atoms. The van der Waals surface area contributed by atoms with Crippen LogP contribution < -0.4 is 14.2 Å². The van der Waals surface area contributed by atoms with Gasteiger partial charge in [-0.1, -0.05) is 24.3 Å². The summed E-state index contributed by atoms with van der Waals surface area (Å²) in [4.78, 5) is 0. The van der Waals surface area contributed by atoms with Gasteiger partial charge in [0.1, 0.15) is 25.1 Å². The normalized spacial score (nSPS) is 23.1. The maximum atomic E-state index is 10.3. The van der Waals surface area contributed by atoms with Gasteiger partial charge in [0.15, 0.2) is 11.5 Å². The highest BCUT2D eigenvalue weighted by Crippen LogP contribution is 2.42. The number of fused-ring (bicyclic) bond motifs is 2. The predicted octanol–water partition coefficient (Wildman–Crippen LogP) is 3.02. The molecule has 0 aromatic heterocycles. The zero-order valence-electron chi connectivity index (χ0n) is 11.5. The zero-order chi connectivity index (χ0) is 14.2. The molecule has 4 nitrogen and oxygen atoms in total. The molecule has 0 saturated heterocycles. The van der Waals surface area contributed by atoms with Crippen molar-refractivity contribution in [2.45, 2.75) is 18.6 Å². The van der Waals surface area contributed by atoms with E-state index >= 15 is 0 Å². The van der Waals surface area contributed by atoms with Gasteiger partial charge in [0.05, 0.1) is 6.10 Å². The molecular weight excluding hydrogens is 268 g/mol. The maximum absolute atomic E-state index is 10.3. The van der Waals surface area contributed by atoms with Crippen LogP contribution in [-0.2, 0) is 0 Å². The lowest BCUT2D eigenvalue weighted by molar-refractivity contribution is 0.0654. The van der Waals surface area contributed by atoms with E-state index in [0.717, 1.165) is 28.4 Å². The van der Waals surface area contributed by atoms with Crippen LogP contribution in [0.3, 0.4) is 0 Å². The molecule has 2 aromatic rings. The van der Waals surface area contributed by atoms with Crippen molar-refractivity contribution in [1.82, 2.24) is 0 Å². The van der Waals surface area contributed by atoms with Crippen LogP contribution in [0.4, 0.5) is 0 Å². The van der Waals surface area contributed by atoms with Crippen molar-refractivity contribution in [1.29, 1.82) is 0 Å². The third-order valence-electron chi connectivity index (χ3n) is 3.92. The van der Waals surface area contributed by atoms with Crippen molar-refractivity contribution in [2.24, 2.45) is 0 Å². The van der Waals surface area contributed by atoms with Crippen LogP contribution in [0, 0.1) is 0 Å². The Balaban J connectivity index is 1.66. The number of benzene rings is 2. The van der Waals surface area contributed by atoms with Crippen LogP contribution >= 0.6 is 0 Å². The summed E-state index contributed by atoms with van der Waals surface area (Å²) in [5, 5.41) is 10.3. The molecular formula is C17H16O4. The summed E-state index contributed by atoms with van der Waals surface area (Å²) >= 11 is 0. The van der Waals surface area contributed by atoms with Crippen molar-refractivity contribution < 1.29 is 19.3 Å². The predicted molar refractivity (Wildman–Crippen MR) is 76.8 cm³/mol. The molecule has 4 rings (SSSR count). The van der Waals surface area contributed by atoms with Crippen molar-refractivity contribution in [3.8, 4) is 17.2 Å². The average molecular weight is 284 g/mol. The fraction of sp³-hybridized carbons (Fsp3) is 0.294. The molecule has 4 heteroatoms. The Kier molecular flexibility index (Phi) is 2.97. The lowest BCUT2D eigenvalue weighted by atomic mass is 9.95. The molecule has 108 valence electrons. The van der Waals surface area contributed by atoms with Crippen molar-refractivity contribution >= 4 is 0 Å². The van der Waals surface area contributed by atoms with Crippen LogP contribution in [0.25, 0.3) is 0 Å². The Morgan fingerprint density at radius 1 is 0.905 bits per heavy atom. The van der Waals surface area contributed by atoms with E-state index in [1.54, 1.807) is 0 Å². The highest BCUT2D eigenvalue weighted by Gasteiger charge is 2.28. The summed E-state index contributed by atoms with van der Waals surface area (Å²) in [6, 6.07) is 13.4. The zero-order valence-corrected chi connectivity index (χ0v) is 11.5. The number of hydrogen-bond donors (Lipinski definition) is 1. The van der Waals surface area contributed by atoms with Gasteiger partial charge in [-0.3, -0.25) is 0 Å². The summed E-state index contributed by atoms with van der Waals surface area (Å²) < 4.78 is 17.2. The molecule has 2 heterocycles. The van der Waals surface area contributed by atoms with E-state index in [1.807, 2.05) is 42.5 Å². The average Bonchev–Trinajstić information content (AvgIpc) is 2.54. The first-order valence-corrected chi connectivity index (χ1v) is 7.14. The molecule has 2 aromatic carbocycles. The van der Waals surface area contributed by atoms with Gasteiger partial charge in [0.2, 0.25) is 0 Å². The second-order valence-corrected chi connectivity index (χ2v) is 5.30. The summed E-state index contributed by atoms with van der Waals surface area (Å²) in [7, 11) is 0. The molecule has 2 aliphatic heterocycles. The number of aliphatic hydroxyl groups excluding tert-OH is 1. The van der Waals surface area contributed by atoms with Crippen LogP contribution in [0.15, 0.2) is 42.5 Å². The van der Waals surface area contributed by atoms with E-state index in [-0.39, 0.29) is 6.10 Å². The number of para-hydroxylation sites is 1. The van der Waals surface area contributed by atoms with Crippen LogP contribution in [0.5, 0.6) is 17.2 Å². The molecule has 0 saturated carbocycles. The topological polar surface area (TPSA) is 47.9 Å². The summed E-state index contributed by atoms with van der Waals surface area (Å²) in [6.07, 6.45) is -0.143. The second kappa shape index (κ2) is 4.97. The van der Waals surface area contributed by atoms with E-state index < -0.39 is 6.10 Å². The van der Waals surface area contributed by atoms with Gasteiger partial charge in [-0.25, -0.2) is 0 Å². The summed E-state index contributed by atoms with van der Waals surface area (Å²) in [5.74, 6) is 2.26. The standard InChI is InChI=1S/C17H16O4/c18-13-10-16(21-14-4-2-1-3-12(13)14)11-5-6-15-17(9-11)20-8-7-19-15/h1-6,9,13,16,18H,7-8,10H2/t13-,16?/m0/s1. The van der Waals surface area contributed by atoms with E-state index in [0.29, 0.717) is 19.6 Å². The lowest BCUT2D eigenvalue weighted by Crippen LogP contribution is -2.20. The summed E-state index contributed by atoms with van der Waals surface area (Å²) in [5.41, 5.74) is 1.85. The first-order valence-electron chi connectivity index (χ1n) is 7.14. The van der Waals surface area contributed by atoms with E-state index in [9.17, 15) is 5.11 Å². The minimum absolute atomic E-state index is 0.175. The minimum atomic E-state index is -0.506. The van der Waals surface area contributed by atoms with Gasteiger partial charge in [-0.05, 0) is 23.8 Å². The minimum Gasteiger partial charge on any atom is -0.486 e. The van der Waals surface area contributed by atoms with E-state index in [1.165, 1.54) is 0 Å². The van der Waals surface area contributed by atoms with Gasteiger partial charge in [-0.15, -0.1) is 0 Å². The van der Waals surface area contributed by atoms with Gasteiger partial charge in [0.25, 0.3) is 0 Å². The van der Waals surface area contributed by atoms with E-state index in [2.05, 4.69) is 0 Å². The second-order valence-electron chi connectivity index (χ2n) is 5.30. The molecule has 1 unspecified atom stereocenters. The van der Waals surface area contributed by atoms with Gasteiger partial charge >= 0.3 is 0 Å². The highest BCUT2D eigenvalue weighted by molar-refractivity contribution is 5.45. The maximum Gasteiger partial charge on any atom is 0.161 e. The van der Waals surface area contributed by atoms with Gasteiger partial charge in [0, 0.05) is 12.0 Å². The first kappa shape index (κ1) is 12.5. The summed E-state index contributed by atoms with van der Waals surface area (Å²) in [6.45, 7) is 1.14. The van der Waals surface area contributed by atoms with Crippen molar-refractivity contribution in [3.63, 3.8) is 0 Å².